The second kappa shape index (κ2) is 7.04. The molecule has 0 saturated carbocycles. The Balaban J connectivity index is 4.22. The van der Waals surface area contributed by atoms with E-state index in [0.717, 1.165) is 6.42 Å². The summed E-state index contributed by atoms with van der Waals surface area (Å²) >= 11 is 0. The van der Waals surface area contributed by atoms with E-state index in [1.807, 2.05) is 13.8 Å². The standard InChI is InChI=1S/C11H19NO3/c1-4-6-7-9(13)12-10(11(14)15)8(3)5-2/h4,8,10H,1,5-7H2,2-3H3,(H,12,13)(H,14,15)/t8-,10+/m0/s1. The van der Waals surface area contributed by atoms with Crippen molar-refractivity contribution >= 4 is 11.9 Å². The van der Waals surface area contributed by atoms with Gasteiger partial charge in [-0.2, -0.15) is 0 Å². The number of amides is 1. The maximum absolute atomic E-state index is 11.3. The first kappa shape index (κ1) is 13.7. The fourth-order valence-electron chi connectivity index (χ4n) is 1.16. The van der Waals surface area contributed by atoms with Crippen LogP contribution in [-0.4, -0.2) is 23.0 Å². The number of hydrogen-bond acceptors (Lipinski definition) is 2. The molecular weight excluding hydrogens is 194 g/mol. The maximum Gasteiger partial charge on any atom is 0.326 e. The van der Waals surface area contributed by atoms with E-state index in [0.29, 0.717) is 12.8 Å². The van der Waals surface area contributed by atoms with Gasteiger partial charge in [0, 0.05) is 6.42 Å². The van der Waals surface area contributed by atoms with E-state index in [1.54, 1.807) is 6.08 Å². The van der Waals surface area contributed by atoms with Crippen molar-refractivity contribution in [3.8, 4) is 0 Å². The molecule has 4 heteroatoms. The van der Waals surface area contributed by atoms with Crippen molar-refractivity contribution in [2.24, 2.45) is 5.92 Å². The highest BCUT2D eigenvalue weighted by molar-refractivity contribution is 5.83. The van der Waals surface area contributed by atoms with Crippen LogP contribution in [0.25, 0.3) is 0 Å². The van der Waals surface area contributed by atoms with Crippen LogP contribution in [0.3, 0.4) is 0 Å². The van der Waals surface area contributed by atoms with Crippen LogP contribution in [0.1, 0.15) is 33.1 Å². The highest BCUT2D eigenvalue weighted by atomic mass is 16.4. The summed E-state index contributed by atoms with van der Waals surface area (Å²) in [7, 11) is 0. The Labute approximate surface area is 90.4 Å². The fourth-order valence-corrected chi connectivity index (χ4v) is 1.16. The number of rotatable bonds is 7. The zero-order valence-corrected chi connectivity index (χ0v) is 9.32. The third-order valence-electron chi connectivity index (χ3n) is 2.37. The minimum absolute atomic E-state index is 0.0600. The lowest BCUT2D eigenvalue weighted by Crippen LogP contribution is -2.44. The molecule has 0 unspecified atom stereocenters. The molecule has 0 aliphatic heterocycles. The summed E-state index contributed by atoms with van der Waals surface area (Å²) in [5.41, 5.74) is 0. The minimum Gasteiger partial charge on any atom is -0.480 e. The number of allylic oxidation sites excluding steroid dienone is 1. The molecule has 0 spiro atoms. The summed E-state index contributed by atoms with van der Waals surface area (Å²) in [6, 6.07) is -0.785. The Morgan fingerprint density at radius 2 is 2.13 bits per heavy atom. The van der Waals surface area contributed by atoms with Crippen molar-refractivity contribution < 1.29 is 14.7 Å². The average molecular weight is 213 g/mol. The van der Waals surface area contributed by atoms with Gasteiger partial charge >= 0.3 is 5.97 Å². The molecule has 0 bridgehead atoms. The Bertz CT molecular complexity index is 238. The van der Waals surface area contributed by atoms with Crippen molar-refractivity contribution in [2.75, 3.05) is 0 Å². The fraction of sp³-hybridized carbons (Fsp3) is 0.636. The first-order chi connectivity index (χ1) is 7.02. The Morgan fingerprint density at radius 3 is 2.53 bits per heavy atom. The summed E-state index contributed by atoms with van der Waals surface area (Å²) in [6.45, 7) is 7.21. The van der Waals surface area contributed by atoms with Gasteiger partial charge in [-0.3, -0.25) is 4.79 Å². The van der Waals surface area contributed by atoms with Crippen LogP contribution in [0.15, 0.2) is 12.7 Å². The monoisotopic (exact) mass is 213 g/mol. The molecule has 0 aliphatic carbocycles. The summed E-state index contributed by atoms with van der Waals surface area (Å²) < 4.78 is 0. The second-order valence-corrected chi connectivity index (χ2v) is 3.60. The number of nitrogens with one attached hydrogen (secondary N) is 1. The predicted molar refractivity (Wildman–Crippen MR) is 58.5 cm³/mol. The van der Waals surface area contributed by atoms with Crippen molar-refractivity contribution in [2.45, 2.75) is 39.2 Å². The van der Waals surface area contributed by atoms with Gasteiger partial charge in [0.1, 0.15) is 6.04 Å². The summed E-state index contributed by atoms with van der Waals surface area (Å²) in [6.07, 6.45) is 3.22. The molecule has 0 heterocycles. The zero-order valence-electron chi connectivity index (χ0n) is 9.32. The SMILES string of the molecule is C=CCCC(=O)N[C@@H](C(=O)O)[C@@H](C)CC. The highest BCUT2D eigenvalue weighted by Gasteiger charge is 2.24. The zero-order chi connectivity index (χ0) is 11.8. The molecule has 0 aromatic heterocycles. The van der Waals surface area contributed by atoms with E-state index >= 15 is 0 Å². The van der Waals surface area contributed by atoms with Crippen LogP contribution < -0.4 is 5.32 Å². The molecular formula is C11H19NO3. The average Bonchev–Trinajstić information content (AvgIpc) is 2.21. The predicted octanol–water partition coefficient (Wildman–Crippen LogP) is 1.57. The van der Waals surface area contributed by atoms with Gasteiger partial charge in [-0.05, 0) is 12.3 Å². The smallest absolute Gasteiger partial charge is 0.326 e. The quantitative estimate of drug-likeness (QED) is 0.631. The highest BCUT2D eigenvalue weighted by Crippen LogP contribution is 2.08. The van der Waals surface area contributed by atoms with Crippen molar-refractivity contribution in [3.63, 3.8) is 0 Å². The number of carboxylic acids is 1. The molecule has 2 atom stereocenters. The molecule has 15 heavy (non-hydrogen) atoms. The minimum atomic E-state index is -0.976. The van der Waals surface area contributed by atoms with Gasteiger partial charge in [-0.25, -0.2) is 4.79 Å². The third-order valence-corrected chi connectivity index (χ3v) is 2.37. The Morgan fingerprint density at radius 1 is 1.53 bits per heavy atom. The summed E-state index contributed by atoms with van der Waals surface area (Å²) in [5.74, 6) is -1.27. The number of hydrogen-bond donors (Lipinski definition) is 2. The molecule has 0 aliphatic rings. The van der Waals surface area contributed by atoms with Gasteiger partial charge in [0.05, 0.1) is 0 Å². The van der Waals surface area contributed by atoms with Gasteiger partial charge in [0.2, 0.25) is 5.91 Å². The lowest BCUT2D eigenvalue weighted by Gasteiger charge is -2.19. The van der Waals surface area contributed by atoms with E-state index in [2.05, 4.69) is 11.9 Å². The van der Waals surface area contributed by atoms with Crippen LogP contribution in [0, 0.1) is 5.92 Å². The normalized spacial score (nSPS) is 14.0. The number of carbonyl (C=O) groups is 2. The summed E-state index contributed by atoms with van der Waals surface area (Å²) in [4.78, 5) is 22.2. The number of carbonyl (C=O) groups excluding carboxylic acids is 1. The van der Waals surface area contributed by atoms with Crippen LogP contribution in [0.4, 0.5) is 0 Å². The topological polar surface area (TPSA) is 66.4 Å². The molecule has 0 fully saturated rings. The maximum atomic E-state index is 11.3. The van der Waals surface area contributed by atoms with Gasteiger partial charge in [0.25, 0.3) is 0 Å². The van der Waals surface area contributed by atoms with Crippen LogP contribution in [0.2, 0.25) is 0 Å². The Kier molecular flexibility index (Phi) is 6.42. The first-order valence-electron chi connectivity index (χ1n) is 5.16. The molecule has 4 nitrogen and oxygen atoms in total. The molecule has 0 rings (SSSR count). The largest absolute Gasteiger partial charge is 0.480 e. The van der Waals surface area contributed by atoms with E-state index in [1.165, 1.54) is 0 Å². The first-order valence-corrected chi connectivity index (χ1v) is 5.16. The van der Waals surface area contributed by atoms with E-state index < -0.39 is 12.0 Å². The van der Waals surface area contributed by atoms with Gasteiger partial charge in [-0.1, -0.05) is 26.3 Å². The van der Waals surface area contributed by atoms with Crippen molar-refractivity contribution in [1.29, 1.82) is 0 Å². The lowest BCUT2D eigenvalue weighted by molar-refractivity contribution is -0.143. The summed E-state index contributed by atoms with van der Waals surface area (Å²) in [5, 5.41) is 11.4. The van der Waals surface area contributed by atoms with Crippen LogP contribution in [-0.2, 0) is 9.59 Å². The number of aliphatic carboxylic acids is 1. The second-order valence-electron chi connectivity index (χ2n) is 3.60. The molecule has 0 aromatic carbocycles. The van der Waals surface area contributed by atoms with E-state index in [9.17, 15) is 9.59 Å². The number of carboxylic acid groups (broad SMARTS) is 1. The molecule has 0 saturated heterocycles. The van der Waals surface area contributed by atoms with Crippen LogP contribution >= 0.6 is 0 Å². The molecule has 0 aromatic rings. The van der Waals surface area contributed by atoms with Gasteiger partial charge in [-0.15, -0.1) is 6.58 Å². The van der Waals surface area contributed by atoms with Crippen molar-refractivity contribution in [3.05, 3.63) is 12.7 Å². The molecule has 1 amide bonds. The lowest BCUT2D eigenvalue weighted by atomic mass is 9.99. The van der Waals surface area contributed by atoms with E-state index in [-0.39, 0.29) is 11.8 Å². The van der Waals surface area contributed by atoms with E-state index in [4.69, 9.17) is 5.11 Å². The van der Waals surface area contributed by atoms with Gasteiger partial charge < -0.3 is 10.4 Å². The third kappa shape index (κ3) is 5.20. The van der Waals surface area contributed by atoms with Crippen LogP contribution in [0.5, 0.6) is 0 Å². The molecule has 86 valence electrons. The molecule has 2 N–H and O–H groups in total. The molecule has 0 radical (unpaired) electrons. The Hall–Kier alpha value is -1.32. The van der Waals surface area contributed by atoms with Gasteiger partial charge in [0.15, 0.2) is 0 Å². The van der Waals surface area contributed by atoms with Crippen molar-refractivity contribution in [1.82, 2.24) is 5.32 Å².